The molecular formula is C12H25N3O. The van der Waals surface area contributed by atoms with Gasteiger partial charge in [0.2, 0.25) is 5.91 Å². The van der Waals surface area contributed by atoms with Gasteiger partial charge in [-0.05, 0) is 45.3 Å². The average molecular weight is 227 g/mol. The lowest BCUT2D eigenvalue weighted by Crippen LogP contribution is -2.33. The molecule has 94 valence electrons. The summed E-state index contributed by atoms with van der Waals surface area (Å²) in [6, 6.07) is 0.483. The molecule has 0 spiro atoms. The van der Waals surface area contributed by atoms with Crippen LogP contribution in [0.15, 0.2) is 0 Å². The number of amides is 1. The number of nitrogens with two attached hydrogens (primary N) is 1. The van der Waals surface area contributed by atoms with Gasteiger partial charge in [-0.3, -0.25) is 4.79 Å². The first-order valence-corrected chi connectivity index (χ1v) is 6.48. The molecule has 0 atom stereocenters. The van der Waals surface area contributed by atoms with Gasteiger partial charge in [0.1, 0.15) is 0 Å². The first-order valence-electron chi connectivity index (χ1n) is 6.48. The zero-order valence-corrected chi connectivity index (χ0v) is 10.4. The highest BCUT2D eigenvalue weighted by Gasteiger charge is 2.23. The van der Waals surface area contributed by atoms with Crippen LogP contribution in [-0.2, 0) is 4.79 Å². The van der Waals surface area contributed by atoms with E-state index in [0.717, 1.165) is 51.9 Å². The second-order valence-electron chi connectivity index (χ2n) is 4.58. The maximum atomic E-state index is 11.5. The summed E-state index contributed by atoms with van der Waals surface area (Å²) in [5, 5.41) is 3.02. The van der Waals surface area contributed by atoms with E-state index < -0.39 is 0 Å². The largest absolute Gasteiger partial charge is 0.353 e. The van der Waals surface area contributed by atoms with Gasteiger partial charge in [0.25, 0.3) is 0 Å². The molecule has 0 aromatic rings. The molecule has 0 aromatic heterocycles. The van der Waals surface area contributed by atoms with E-state index in [1.807, 2.05) is 0 Å². The fourth-order valence-electron chi connectivity index (χ4n) is 1.75. The lowest BCUT2D eigenvalue weighted by molar-refractivity contribution is -0.121. The molecule has 0 unspecified atom stereocenters. The van der Waals surface area contributed by atoms with Crippen LogP contribution in [0.4, 0.5) is 0 Å². The molecule has 1 amide bonds. The number of nitrogens with one attached hydrogen (secondary N) is 1. The first-order chi connectivity index (χ1) is 7.76. The highest BCUT2D eigenvalue weighted by atomic mass is 16.1. The maximum Gasteiger partial charge on any atom is 0.221 e. The van der Waals surface area contributed by atoms with E-state index in [1.54, 1.807) is 0 Å². The maximum absolute atomic E-state index is 11.5. The van der Waals surface area contributed by atoms with Crippen LogP contribution < -0.4 is 11.1 Å². The van der Waals surface area contributed by atoms with Crippen LogP contribution in [0.3, 0.4) is 0 Å². The van der Waals surface area contributed by atoms with Crippen molar-refractivity contribution in [2.24, 2.45) is 5.73 Å². The van der Waals surface area contributed by atoms with Gasteiger partial charge < -0.3 is 16.0 Å². The fourth-order valence-corrected chi connectivity index (χ4v) is 1.75. The van der Waals surface area contributed by atoms with E-state index in [0.29, 0.717) is 12.5 Å². The number of rotatable bonds is 9. The zero-order valence-electron chi connectivity index (χ0n) is 10.4. The van der Waals surface area contributed by atoms with Crippen molar-refractivity contribution in [2.75, 3.05) is 26.2 Å². The van der Waals surface area contributed by atoms with E-state index in [-0.39, 0.29) is 5.91 Å². The molecule has 4 nitrogen and oxygen atoms in total. The molecule has 0 radical (unpaired) electrons. The lowest BCUT2D eigenvalue weighted by Gasteiger charge is -2.20. The van der Waals surface area contributed by atoms with Gasteiger partial charge in [-0.2, -0.15) is 0 Å². The first kappa shape index (κ1) is 13.5. The van der Waals surface area contributed by atoms with E-state index in [1.165, 1.54) is 0 Å². The Morgan fingerprint density at radius 1 is 1.38 bits per heavy atom. The quantitative estimate of drug-likeness (QED) is 0.610. The molecule has 1 aliphatic carbocycles. The summed E-state index contributed by atoms with van der Waals surface area (Å²) >= 11 is 0. The highest BCUT2D eigenvalue weighted by Crippen LogP contribution is 2.18. The van der Waals surface area contributed by atoms with E-state index >= 15 is 0 Å². The summed E-state index contributed by atoms with van der Waals surface area (Å²) in [6.07, 6.45) is 5.11. The zero-order chi connectivity index (χ0) is 11.8. The van der Waals surface area contributed by atoms with Gasteiger partial charge in [0, 0.05) is 19.0 Å². The standard InChI is InChI=1S/C12H25N3O/c1-2-8-15(9-3-7-13)10-6-12(16)14-11-4-5-11/h11H,2-10,13H2,1H3,(H,14,16). The monoisotopic (exact) mass is 227 g/mol. The molecule has 16 heavy (non-hydrogen) atoms. The normalized spacial score (nSPS) is 15.4. The SMILES string of the molecule is CCCN(CCCN)CCC(=O)NC1CC1. The predicted molar refractivity (Wildman–Crippen MR) is 66.2 cm³/mol. The van der Waals surface area contributed by atoms with E-state index in [4.69, 9.17) is 5.73 Å². The molecule has 1 saturated carbocycles. The van der Waals surface area contributed by atoms with Crippen molar-refractivity contribution in [2.45, 2.75) is 45.1 Å². The summed E-state index contributed by atoms with van der Waals surface area (Å²) in [5.41, 5.74) is 5.50. The predicted octanol–water partition coefficient (Wildman–Crippen LogP) is 0.716. The number of hydrogen-bond donors (Lipinski definition) is 2. The summed E-state index contributed by atoms with van der Waals surface area (Å²) in [7, 11) is 0. The minimum Gasteiger partial charge on any atom is -0.353 e. The molecule has 1 aliphatic rings. The Morgan fingerprint density at radius 2 is 2.12 bits per heavy atom. The molecule has 1 fully saturated rings. The van der Waals surface area contributed by atoms with Crippen LogP contribution in [-0.4, -0.2) is 43.0 Å². The number of carbonyl (C=O) groups is 1. The van der Waals surface area contributed by atoms with Gasteiger partial charge in [-0.15, -0.1) is 0 Å². The highest BCUT2D eigenvalue weighted by molar-refractivity contribution is 5.76. The van der Waals surface area contributed by atoms with Gasteiger partial charge in [0.15, 0.2) is 0 Å². The summed E-state index contributed by atoms with van der Waals surface area (Å²) in [5.74, 6) is 0.205. The van der Waals surface area contributed by atoms with Crippen LogP contribution in [0.2, 0.25) is 0 Å². The van der Waals surface area contributed by atoms with Crippen molar-refractivity contribution in [1.82, 2.24) is 10.2 Å². The summed E-state index contributed by atoms with van der Waals surface area (Å²) in [4.78, 5) is 13.8. The van der Waals surface area contributed by atoms with Crippen molar-refractivity contribution < 1.29 is 4.79 Å². The lowest BCUT2D eigenvalue weighted by atomic mass is 10.3. The third-order valence-corrected chi connectivity index (χ3v) is 2.82. The Hall–Kier alpha value is -0.610. The van der Waals surface area contributed by atoms with Gasteiger partial charge in [-0.1, -0.05) is 6.92 Å². The second-order valence-corrected chi connectivity index (χ2v) is 4.58. The minimum absolute atomic E-state index is 0.205. The van der Waals surface area contributed by atoms with E-state index in [2.05, 4.69) is 17.1 Å². The minimum atomic E-state index is 0.205. The van der Waals surface area contributed by atoms with Crippen LogP contribution in [0.5, 0.6) is 0 Å². The molecule has 0 aromatic carbocycles. The van der Waals surface area contributed by atoms with Crippen LogP contribution in [0, 0.1) is 0 Å². The Labute approximate surface area is 98.6 Å². The molecule has 3 N–H and O–H groups in total. The van der Waals surface area contributed by atoms with Crippen molar-refractivity contribution in [1.29, 1.82) is 0 Å². The molecule has 1 rings (SSSR count). The number of hydrogen-bond acceptors (Lipinski definition) is 3. The van der Waals surface area contributed by atoms with Crippen molar-refractivity contribution >= 4 is 5.91 Å². The smallest absolute Gasteiger partial charge is 0.221 e. The topological polar surface area (TPSA) is 58.4 Å². The van der Waals surface area contributed by atoms with Crippen molar-refractivity contribution in [3.8, 4) is 0 Å². The molecule has 0 heterocycles. The van der Waals surface area contributed by atoms with Crippen LogP contribution in [0.1, 0.15) is 39.0 Å². The molecule has 0 saturated heterocycles. The molecule has 0 bridgehead atoms. The number of carbonyl (C=O) groups excluding carboxylic acids is 1. The summed E-state index contributed by atoms with van der Waals surface area (Å²) in [6.45, 7) is 5.85. The Balaban J connectivity index is 2.11. The van der Waals surface area contributed by atoms with Gasteiger partial charge in [0.05, 0.1) is 0 Å². The molecule has 4 heteroatoms. The third-order valence-electron chi connectivity index (χ3n) is 2.82. The second kappa shape index (κ2) is 7.63. The summed E-state index contributed by atoms with van der Waals surface area (Å²) < 4.78 is 0. The fraction of sp³-hybridized carbons (Fsp3) is 0.917. The Morgan fingerprint density at radius 3 is 2.69 bits per heavy atom. The van der Waals surface area contributed by atoms with Gasteiger partial charge in [-0.25, -0.2) is 0 Å². The molecular weight excluding hydrogens is 202 g/mol. The van der Waals surface area contributed by atoms with Crippen LogP contribution in [0.25, 0.3) is 0 Å². The van der Waals surface area contributed by atoms with E-state index in [9.17, 15) is 4.79 Å². The van der Waals surface area contributed by atoms with Crippen molar-refractivity contribution in [3.63, 3.8) is 0 Å². The molecule has 0 aliphatic heterocycles. The van der Waals surface area contributed by atoms with Gasteiger partial charge >= 0.3 is 0 Å². The number of nitrogens with zero attached hydrogens (tertiary/aromatic N) is 1. The Kier molecular flexibility index (Phi) is 6.42. The third kappa shape index (κ3) is 6.08. The average Bonchev–Trinajstić information content (AvgIpc) is 3.06. The Bertz CT molecular complexity index is 204. The van der Waals surface area contributed by atoms with Crippen LogP contribution >= 0.6 is 0 Å². The van der Waals surface area contributed by atoms with Crippen molar-refractivity contribution in [3.05, 3.63) is 0 Å².